The molecule has 0 aliphatic carbocycles. The van der Waals surface area contributed by atoms with Crippen LogP contribution in [0.4, 0.5) is 5.95 Å². The maximum absolute atomic E-state index is 13.7. The molecule has 1 aromatic carbocycles. The number of aromatic nitrogens is 6. The van der Waals surface area contributed by atoms with Crippen molar-refractivity contribution in [2.45, 2.75) is 45.8 Å². The topological polar surface area (TPSA) is 112 Å². The van der Waals surface area contributed by atoms with Crippen molar-refractivity contribution in [2.24, 2.45) is 7.05 Å². The smallest absolute Gasteiger partial charge is 0.332 e. The van der Waals surface area contributed by atoms with Crippen molar-refractivity contribution in [2.75, 3.05) is 18.4 Å². The van der Waals surface area contributed by atoms with Gasteiger partial charge in [-0.05, 0) is 39.3 Å². The molecule has 10 nitrogen and oxygen atoms in total. The minimum absolute atomic E-state index is 0.0347. The fraction of sp³-hybridized carbons (Fsp3) is 0.400. The third-order valence-electron chi connectivity index (χ3n) is 6.42. The van der Waals surface area contributed by atoms with Crippen molar-refractivity contribution < 1.29 is 0 Å². The summed E-state index contributed by atoms with van der Waals surface area (Å²) in [6, 6.07) is 7.87. The molecule has 0 radical (unpaired) electrons. The van der Waals surface area contributed by atoms with Crippen LogP contribution in [0.15, 0.2) is 33.9 Å². The van der Waals surface area contributed by atoms with Gasteiger partial charge < -0.3 is 10.6 Å². The number of benzene rings is 1. The molecule has 4 aromatic rings. The molecule has 3 aromatic heterocycles. The minimum atomic E-state index is -0.464. The van der Waals surface area contributed by atoms with E-state index in [1.807, 2.05) is 31.2 Å². The predicted molar refractivity (Wildman–Crippen MR) is 136 cm³/mol. The monoisotopic (exact) mass is 472 g/mol. The highest BCUT2D eigenvalue weighted by Gasteiger charge is 2.23. The van der Waals surface area contributed by atoms with Gasteiger partial charge in [-0.2, -0.15) is 4.98 Å². The van der Waals surface area contributed by atoms with Crippen LogP contribution in [0.25, 0.3) is 22.1 Å². The Morgan fingerprint density at radius 3 is 2.77 bits per heavy atom. The maximum atomic E-state index is 13.7. The molecule has 1 saturated heterocycles. The van der Waals surface area contributed by atoms with Crippen molar-refractivity contribution in [3.05, 3.63) is 56.6 Å². The lowest BCUT2D eigenvalue weighted by Crippen LogP contribution is -2.40. The van der Waals surface area contributed by atoms with Gasteiger partial charge in [0.15, 0.2) is 11.2 Å². The van der Waals surface area contributed by atoms with E-state index in [4.69, 9.17) is 0 Å². The predicted octanol–water partition coefficient (Wildman–Crippen LogP) is 1.38. The van der Waals surface area contributed by atoms with Gasteiger partial charge in [-0.25, -0.2) is 14.8 Å². The summed E-state index contributed by atoms with van der Waals surface area (Å²) in [7, 11) is 1.63. The molecule has 5 rings (SSSR count). The molecule has 10 heteroatoms. The number of hydrogen-bond donors (Lipinski definition) is 2. The summed E-state index contributed by atoms with van der Waals surface area (Å²) in [6.45, 7) is 5.70. The SMILES string of the molecule is CC#CCn1c(N[C@H]2CCCNC2)nc2c1c(=O)n(Cc1nc(C)c3ccccc3n1)c(=O)n2C. The van der Waals surface area contributed by atoms with Gasteiger partial charge in [0.25, 0.3) is 5.56 Å². The molecule has 0 amide bonds. The summed E-state index contributed by atoms with van der Waals surface area (Å²) in [5.41, 5.74) is 1.34. The summed E-state index contributed by atoms with van der Waals surface area (Å²) >= 11 is 0. The quantitative estimate of drug-likeness (QED) is 0.422. The standard InChI is InChI=1S/C25H28N8O2/c1-4-5-13-32-21-22(30-24(32)28-17-9-8-12-26-14-17)31(3)25(35)33(23(21)34)15-20-27-16(2)18-10-6-7-11-19(18)29-20/h6-7,10-11,17,26H,8-9,12-15H2,1-3H3,(H,28,30)/t17-/m0/s1. The van der Waals surface area contributed by atoms with Crippen molar-refractivity contribution in [3.8, 4) is 11.8 Å². The first-order chi connectivity index (χ1) is 17.0. The zero-order chi connectivity index (χ0) is 24.5. The molecular formula is C25H28N8O2. The first-order valence-electron chi connectivity index (χ1n) is 11.8. The Hall–Kier alpha value is -3.97. The van der Waals surface area contributed by atoms with E-state index in [1.165, 1.54) is 9.13 Å². The molecule has 180 valence electrons. The van der Waals surface area contributed by atoms with E-state index < -0.39 is 11.2 Å². The van der Waals surface area contributed by atoms with Crippen molar-refractivity contribution >= 4 is 28.0 Å². The Labute approximate surface area is 202 Å². The molecule has 35 heavy (non-hydrogen) atoms. The second-order valence-electron chi connectivity index (χ2n) is 8.78. The third-order valence-corrected chi connectivity index (χ3v) is 6.42. The van der Waals surface area contributed by atoms with Crippen LogP contribution in [0.3, 0.4) is 0 Å². The number of imidazole rings is 1. The molecule has 1 atom stereocenters. The van der Waals surface area contributed by atoms with Gasteiger partial charge in [-0.15, -0.1) is 5.92 Å². The Morgan fingerprint density at radius 2 is 2.00 bits per heavy atom. The highest BCUT2D eigenvalue weighted by Crippen LogP contribution is 2.19. The van der Waals surface area contributed by atoms with Gasteiger partial charge in [-0.1, -0.05) is 24.1 Å². The first kappa shape index (κ1) is 22.8. The Balaban J connectivity index is 1.64. The summed E-state index contributed by atoms with van der Waals surface area (Å²) in [4.78, 5) is 40.7. The lowest BCUT2D eigenvalue weighted by atomic mass is 10.1. The molecule has 1 aliphatic rings. The number of nitrogens with zero attached hydrogens (tertiary/aromatic N) is 6. The van der Waals surface area contributed by atoms with Crippen molar-refractivity contribution in [1.82, 2.24) is 34.0 Å². The Kier molecular flexibility index (Phi) is 6.09. The van der Waals surface area contributed by atoms with Crippen LogP contribution in [0.2, 0.25) is 0 Å². The average Bonchev–Trinajstić information content (AvgIpc) is 3.22. The van der Waals surface area contributed by atoms with E-state index in [0.29, 0.717) is 22.9 Å². The number of piperidine rings is 1. The number of fused-ring (bicyclic) bond motifs is 2. The average molecular weight is 473 g/mol. The Morgan fingerprint density at radius 1 is 1.17 bits per heavy atom. The molecular weight excluding hydrogens is 444 g/mol. The van der Waals surface area contributed by atoms with Crippen LogP contribution in [-0.2, 0) is 20.1 Å². The highest BCUT2D eigenvalue weighted by molar-refractivity contribution is 5.80. The number of hydrogen-bond acceptors (Lipinski definition) is 7. The zero-order valence-corrected chi connectivity index (χ0v) is 20.1. The number of nitrogens with one attached hydrogen (secondary N) is 2. The van der Waals surface area contributed by atoms with E-state index in [9.17, 15) is 9.59 Å². The van der Waals surface area contributed by atoms with Crippen LogP contribution in [0.5, 0.6) is 0 Å². The van der Waals surface area contributed by atoms with E-state index in [0.717, 1.165) is 42.5 Å². The summed E-state index contributed by atoms with van der Waals surface area (Å²) in [5.74, 6) is 6.87. The van der Waals surface area contributed by atoms with Gasteiger partial charge in [0, 0.05) is 30.7 Å². The van der Waals surface area contributed by atoms with Gasteiger partial charge in [0.2, 0.25) is 5.95 Å². The minimum Gasteiger partial charge on any atom is -0.352 e. The van der Waals surface area contributed by atoms with Gasteiger partial charge in [0.1, 0.15) is 5.82 Å². The van der Waals surface area contributed by atoms with E-state index >= 15 is 0 Å². The Bertz CT molecular complexity index is 1600. The molecule has 2 N–H and O–H groups in total. The van der Waals surface area contributed by atoms with Crippen LogP contribution in [0, 0.1) is 18.8 Å². The maximum Gasteiger partial charge on any atom is 0.332 e. The summed E-state index contributed by atoms with van der Waals surface area (Å²) in [5, 5.41) is 7.77. The fourth-order valence-corrected chi connectivity index (χ4v) is 4.60. The van der Waals surface area contributed by atoms with E-state index in [1.54, 1.807) is 18.5 Å². The number of anilines is 1. The first-order valence-corrected chi connectivity index (χ1v) is 11.8. The van der Waals surface area contributed by atoms with Crippen LogP contribution >= 0.6 is 0 Å². The number of aryl methyl sites for hydroxylation is 2. The fourth-order valence-electron chi connectivity index (χ4n) is 4.60. The van der Waals surface area contributed by atoms with Crippen molar-refractivity contribution in [3.63, 3.8) is 0 Å². The lowest BCUT2D eigenvalue weighted by Gasteiger charge is -2.24. The zero-order valence-electron chi connectivity index (χ0n) is 20.1. The normalized spacial score (nSPS) is 15.8. The highest BCUT2D eigenvalue weighted by atomic mass is 16.2. The lowest BCUT2D eigenvalue weighted by molar-refractivity contribution is 0.477. The molecule has 0 unspecified atom stereocenters. The molecule has 0 saturated carbocycles. The molecule has 0 spiro atoms. The van der Waals surface area contributed by atoms with Gasteiger partial charge in [0.05, 0.1) is 18.6 Å². The third kappa shape index (κ3) is 4.19. The summed E-state index contributed by atoms with van der Waals surface area (Å²) in [6.07, 6.45) is 2.06. The number of para-hydroxylation sites is 1. The van der Waals surface area contributed by atoms with Crippen LogP contribution < -0.4 is 21.9 Å². The molecule has 4 heterocycles. The van der Waals surface area contributed by atoms with Crippen molar-refractivity contribution in [1.29, 1.82) is 0 Å². The molecule has 0 bridgehead atoms. The van der Waals surface area contributed by atoms with E-state index in [2.05, 4.69) is 37.4 Å². The second kappa shape index (κ2) is 9.35. The van der Waals surface area contributed by atoms with Crippen LogP contribution in [-0.4, -0.2) is 47.8 Å². The van der Waals surface area contributed by atoms with Gasteiger partial charge in [-0.3, -0.25) is 18.5 Å². The summed E-state index contributed by atoms with van der Waals surface area (Å²) < 4.78 is 4.35. The molecule has 1 fully saturated rings. The number of rotatable bonds is 5. The van der Waals surface area contributed by atoms with E-state index in [-0.39, 0.29) is 19.1 Å². The van der Waals surface area contributed by atoms with Crippen LogP contribution in [0.1, 0.15) is 31.3 Å². The molecule has 1 aliphatic heterocycles. The van der Waals surface area contributed by atoms with Gasteiger partial charge >= 0.3 is 5.69 Å². The second-order valence-corrected chi connectivity index (χ2v) is 8.78. The largest absolute Gasteiger partial charge is 0.352 e.